The molecule has 10 heteroatoms. The average molecular weight is 514 g/mol. The molecule has 0 fully saturated rings. The van der Waals surface area contributed by atoms with Crippen LogP contribution in [0.25, 0.3) is 16.7 Å². The van der Waals surface area contributed by atoms with Crippen LogP contribution >= 0.6 is 0 Å². The molecular weight excluding hydrogens is 482 g/mol. The minimum atomic E-state index is -0.355. The van der Waals surface area contributed by atoms with E-state index in [-0.39, 0.29) is 5.91 Å². The first-order valence-electron chi connectivity index (χ1n) is 12.0. The van der Waals surface area contributed by atoms with Crippen molar-refractivity contribution in [1.82, 2.24) is 19.4 Å². The zero-order valence-corrected chi connectivity index (χ0v) is 21.9. The molecule has 2 aromatic heterocycles. The number of fused-ring (bicyclic) bond motifs is 1. The van der Waals surface area contributed by atoms with Crippen LogP contribution in [0.5, 0.6) is 5.75 Å². The number of rotatable bonds is 11. The number of nitrogens with zero attached hydrogens (tertiary/aromatic N) is 5. The lowest BCUT2D eigenvalue weighted by Crippen LogP contribution is -2.29. The normalized spacial score (nSPS) is 10.9. The van der Waals surface area contributed by atoms with Crippen LogP contribution in [0.3, 0.4) is 0 Å². The fraction of sp³-hybridized carbons (Fsp3) is 0.214. The van der Waals surface area contributed by atoms with Crippen molar-refractivity contribution in [3.05, 3.63) is 73.1 Å². The van der Waals surface area contributed by atoms with Gasteiger partial charge in [0.15, 0.2) is 6.29 Å². The predicted octanol–water partition coefficient (Wildman–Crippen LogP) is 4.11. The summed E-state index contributed by atoms with van der Waals surface area (Å²) >= 11 is 0. The monoisotopic (exact) mass is 513 g/mol. The highest BCUT2D eigenvalue weighted by atomic mass is 16.5. The zero-order valence-electron chi connectivity index (χ0n) is 21.9. The Kier molecular flexibility index (Phi) is 8.03. The Morgan fingerprint density at radius 2 is 1.92 bits per heavy atom. The number of hydrogen-bond donors (Lipinski definition) is 2. The Hall–Kier alpha value is -4.70. The molecule has 196 valence electrons. The molecule has 0 saturated heterocycles. The summed E-state index contributed by atoms with van der Waals surface area (Å²) in [7, 11) is 7.52. The van der Waals surface area contributed by atoms with E-state index in [1.54, 1.807) is 31.5 Å². The molecule has 0 aliphatic heterocycles. The summed E-state index contributed by atoms with van der Waals surface area (Å²) in [4.78, 5) is 37.3. The van der Waals surface area contributed by atoms with Crippen molar-refractivity contribution in [2.45, 2.75) is 0 Å². The predicted molar refractivity (Wildman–Crippen MR) is 151 cm³/mol. The molecule has 2 heterocycles. The van der Waals surface area contributed by atoms with Gasteiger partial charge in [-0.25, -0.2) is 4.98 Å². The Morgan fingerprint density at radius 1 is 1.11 bits per heavy atom. The van der Waals surface area contributed by atoms with Crippen LogP contribution in [0.1, 0.15) is 10.4 Å². The number of nitrogens with one attached hydrogen (secondary N) is 2. The lowest BCUT2D eigenvalue weighted by atomic mass is 10.1. The van der Waals surface area contributed by atoms with Crippen molar-refractivity contribution < 1.29 is 14.3 Å². The maximum Gasteiger partial charge on any atom is 0.247 e. The van der Waals surface area contributed by atoms with E-state index in [0.29, 0.717) is 40.9 Å². The van der Waals surface area contributed by atoms with E-state index in [1.165, 1.54) is 6.08 Å². The maximum absolute atomic E-state index is 12.2. The molecule has 0 atom stereocenters. The summed E-state index contributed by atoms with van der Waals surface area (Å²) in [5.41, 5.74) is 3.07. The molecule has 4 aromatic rings. The molecular formula is C28H31N7O3. The van der Waals surface area contributed by atoms with Crippen molar-refractivity contribution in [3.8, 4) is 11.6 Å². The Balaban J connectivity index is 1.69. The van der Waals surface area contributed by atoms with Gasteiger partial charge >= 0.3 is 0 Å². The SMILES string of the molecule is C=CC(=O)Nc1cc(Nc2nccc(-n3ccc4cc(OC)ccc43)n2)c(C=O)cc1N(C)CCN(C)C. The van der Waals surface area contributed by atoms with Gasteiger partial charge in [0.2, 0.25) is 11.9 Å². The quantitative estimate of drug-likeness (QED) is 0.228. The summed E-state index contributed by atoms with van der Waals surface area (Å²) < 4.78 is 7.27. The van der Waals surface area contributed by atoms with Gasteiger partial charge in [-0.1, -0.05) is 6.58 Å². The Labute approximate surface area is 221 Å². The van der Waals surface area contributed by atoms with Crippen LogP contribution in [-0.4, -0.2) is 73.0 Å². The average Bonchev–Trinajstić information content (AvgIpc) is 3.35. The molecule has 0 aliphatic rings. The Bertz CT molecular complexity index is 1480. The van der Waals surface area contributed by atoms with Gasteiger partial charge < -0.3 is 29.7 Å². The number of ether oxygens (including phenoxy) is 1. The molecule has 2 aromatic carbocycles. The number of aromatic nitrogens is 3. The number of carbonyl (C=O) groups is 2. The number of carbonyl (C=O) groups excluding carboxylic acids is 2. The fourth-order valence-corrected chi connectivity index (χ4v) is 3.99. The number of anilines is 4. The van der Waals surface area contributed by atoms with E-state index in [2.05, 4.69) is 32.1 Å². The lowest BCUT2D eigenvalue weighted by molar-refractivity contribution is -0.111. The van der Waals surface area contributed by atoms with E-state index in [0.717, 1.165) is 29.5 Å². The third-order valence-electron chi connectivity index (χ3n) is 6.06. The van der Waals surface area contributed by atoms with Gasteiger partial charge in [-0.3, -0.25) is 9.59 Å². The highest BCUT2D eigenvalue weighted by Crippen LogP contribution is 2.33. The first kappa shape index (κ1) is 26.4. The van der Waals surface area contributed by atoms with E-state index < -0.39 is 0 Å². The van der Waals surface area contributed by atoms with E-state index in [9.17, 15) is 9.59 Å². The smallest absolute Gasteiger partial charge is 0.247 e. The summed E-state index contributed by atoms with van der Waals surface area (Å²) in [5.74, 6) is 1.37. The van der Waals surface area contributed by atoms with Gasteiger partial charge in [-0.05, 0) is 62.6 Å². The highest BCUT2D eigenvalue weighted by molar-refractivity contribution is 6.03. The number of benzene rings is 2. The third-order valence-corrected chi connectivity index (χ3v) is 6.06. The maximum atomic E-state index is 12.2. The number of methoxy groups -OCH3 is 1. The summed E-state index contributed by atoms with van der Waals surface area (Å²) in [6.07, 6.45) is 5.54. The minimum Gasteiger partial charge on any atom is -0.497 e. The molecule has 2 N–H and O–H groups in total. The first-order chi connectivity index (χ1) is 18.3. The Morgan fingerprint density at radius 3 is 2.63 bits per heavy atom. The number of aldehydes is 1. The van der Waals surface area contributed by atoms with E-state index in [4.69, 9.17) is 4.74 Å². The lowest BCUT2D eigenvalue weighted by Gasteiger charge is -2.25. The second-order valence-electron chi connectivity index (χ2n) is 8.97. The molecule has 0 saturated carbocycles. The van der Waals surface area contributed by atoms with Crippen LogP contribution < -0.4 is 20.3 Å². The molecule has 0 bridgehead atoms. The number of hydrogen-bond acceptors (Lipinski definition) is 8. The molecule has 0 unspecified atom stereocenters. The molecule has 4 rings (SSSR count). The summed E-state index contributed by atoms with van der Waals surface area (Å²) in [6.45, 7) is 5.03. The number of likely N-dealkylation sites (N-methyl/N-ethyl adjacent to an activating group) is 2. The van der Waals surface area contributed by atoms with Gasteiger partial charge in [0.05, 0.1) is 29.7 Å². The van der Waals surface area contributed by atoms with Crippen LogP contribution in [0.15, 0.2) is 67.5 Å². The van der Waals surface area contributed by atoms with Gasteiger partial charge in [0, 0.05) is 43.5 Å². The van der Waals surface area contributed by atoms with Crippen molar-refractivity contribution >= 4 is 46.1 Å². The standard InChI is InChI=1S/C28H31N7O3/c1-6-27(37)30-23-17-22(20(18-36)16-25(23)34(4)14-13-33(2)3)31-28-29-11-9-26(32-28)35-12-10-19-15-21(38-5)7-8-24(19)35/h6-12,15-18H,1,13-14H2,2-5H3,(H,30,37)(H,29,31,32). The molecule has 0 aliphatic carbocycles. The van der Waals surface area contributed by atoms with Crippen molar-refractivity contribution in [2.24, 2.45) is 0 Å². The van der Waals surface area contributed by atoms with Gasteiger partial charge in [0.1, 0.15) is 11.6 Å². The largest absolute Gasteiger partial charge is 0.497 e. The van der Waals surface area contributed by atoms with Crippen LogP contribution in [0, 0.1) is 0 Å². The topological polar surface area (TPSA) is 105 Å². The molecule has 10 nitrogen and oxygen atoms in total. The third kappa shape index (κ3) is 5.81. The van der Waals surface area contributed by atoms with Gasteiger partial charge in [0.25, 0.3) is 0 Å². The van der Waals surface area contributed by atoms with Crippen molar-refractivity contribution in [2.75, 3.05) is 56.9 Å². The van der Waals surface area contributed by atoms with E-state index in [1.807, 2.05) is 61.1 Å². The van der Waals surface area contributed by atoms with E-state index >= 15 is 0 Å². The highest BCUT2D eigenvalue weighted by Gasteiger charge is 2.16. The molecule has 0 radical (unpaired) electrons. The second-order valence-corrected chi connectivity index (χ2v) is 8.97. The van der Waals surface area contributed by atoms with Crippen LogP contribution in [0.2, 0.25) is 0 Å². The fourth-order valence-electron chi connectivity index (χ4n) is 3.99. The number of amides is 1. The summed E-state index contributed by atoms with van der Waals surface area (Å²) in [5, 5.41) is 7.01. The minimum absolute atomic E-state index is 0.302. The molecule has 0 spiro atoms. The van der Waals surface area contributed by atoms with Crippen LogP contribution in [0.4, 0.5) is 23.0 Å². The zero-order chi connectivity index (χ0) is 27.2. The summed E-state index contributed by atoms with van der Waals surface area (Å²) in [6, 6.07) is 13.0. The second kappa shape index (κ2) is 11.6. The van der Waals surface area contributed by atoms with Gasteiger partial charge in [-0.2, -0.15) is 4.98 Å². The van der Waals surface area contributed by atoms with Crippen molar-refractivity contribution in [3.63, 3.8) is 0 Å². The first-order valence-corrected chi connectivity index (χ1v) is 12.0. The van der Waals surface area contributed by atoms with Gasteiger partial charge in [-0.15, -0.1) is 0 Å². The molecule has 38 heavy (non-hydrogen) atoms. The van der Waals surface area contributed by atoms with Crippen LogP contribution in [-0.2, 0) is 4.79 Å². The van der Waals surface area contributed by atoms with Crippen molar-refractivity contribution in [1.29, 1.82) is 0 Å². The molecule has 1 amide bonds.